The van der Waals surface area contributed by atoms with Crippen LogP contribution in [0.2, 0.25) is 0 Å². The van der Waals surface area contributed by atoms with Crippen LogP contribution in [0.5, 0.6) is 0 Å². The fourth-order valence-electron chi connectivity index (χ4n) is 1.47. The van der Waals surface area contributed by atoms with Crippen molar-refractivity contribution in [3.8, 4) is 0 Å². The van der Waals surface area contributed by atoms with Gasteiger partial charge < -0.3 is 9.47 Å². The molecule has 0 radical (unpaired) electrons. The molecule has 0 saturated heterocycles. The Labute approximate surface area is 96.8 Å². The van der Waals surface area contributed by atoms with Crippen LogP contribution in [0.3, 0.4) is 0 Å². The van der Waals surface area contributed by atoms with Gasteiger partial charge in [-0.2, -0.15) is 0 Å². The lowest BCUT2D eigenvalue weighted by molar-refractivity contribution is 0.0595. The van der Waals surface area contributed by atoms with E-state index in [4.69, 9.17) is 9.47 Å². The van der Waals surface area contributed by atoms with Crippen molar-refractivity contribution in [2.75, 3.05) is 14.2 Å². The highest BCUT2D eigenvalue weighted by Crippen LogP contribution is 2.22. The van der Waals surface area contributed by atoms with E-state index in [1.807, 2.05) is 11.4 Å². The van der Waals surface area contributed by atoms with Crippen LogP contribution in [0.25, 0.3) is 10.2 Å². The van der Waals surface area contributed by atoms with Gasteiger partial charge in [0.05, 0.1) is 35.2 Å². The minimum absolute atomic E-state index is 0.302. The molecule has 0 amide bonds. The largest absolute Gasteiger partial charge is 0.465 e. The zero-order chi connectivity index (χ0) is 11.5. The second-order valence-electron chi connectivity index (χ2n) is 3.21. The standard InChI is InChI=1S/C11H11NO3S/c1-14-6-9-7(11(13)15-2)5-10-8(12-9)3-4-16-10/h3-5H,6H2,1-2H3. The third-order valence-corrected chi connectivity index (χ3v) is 3.05. The summed E-state index contributed by atoms with van der Waals surface area (Å²) in [6.45, 7) is 0.302. The van der Waals surface area contributed by atoms with Gasteiger partial charge in [0.25, 0.3) is 0 Å². The minimum atomic E-state index is -0.380. The Kier molecular flexibility index (Phi) is 3.17. The lowest BCUT2D eigenvalue weighted by atomic mass is 10.2. The molecule has 0 unspecified atom stereocenters. The normalized spacial score (nSPS) is 10.6. The molecule has 0 aliphatic rings. The summed E-state index contributed by atoms with van der Waals surface area (Å²) >= 11 is 1.55. The molecule has 5 heteroatoms. The van der Waals surface area contributed by atoms with Crippen molar-refractivity contribution < 1.29 is 14.3 Å². The smallest absolute Gasteiger partial charge is 0.339 e. The number of carbonyl (C=O) groups excluding carboxylic acids is 1. The second kappa shape index (κ2) is 4.59. The zero-order valence-electron chi connectivity index (χ0n) is 9.02. The van der Waals surface area contributed by atoms with E-state index in [-0.39, 0.29) is 5.97 Å². The number of rotatable bonds is 3. The van der Waals surface area contributed by atoms with Crippen molar-refractivity contribution in [2.45, 2.75) is 6.61 Å². The van der Waals surface area contributed by atoms with E-state index in [1.165, 1.54) is 7.11 Å². The number of hydrogen-bond acceptors (Lipinski definition) is 5. The molecular formula is C11H11NO3S. The monoisotopic (exact) mass is 237 g/mol. The molecule has 2 rings (SSSR count). The molecule has 0 atom stereocenters. The Bertz CT molecular complexity index is 521. The highest BCUT2D eigenvalue weighted by molar-refractivity contribution is 7.17. The fourth-order valence-corrected chi connectivity index (χ4v) is 2.23. The number of hydrogen-bond donors (Lipinski definition) is 0. The van der Waals surface area contributed by atoms with Crippen LogP contribution < -0.4 is 0 Å². The van der Waals surface area contributed by atoms with Gasteiger partial charge in [-0.25, -0.2) is 9.78 Å². The molecule has 84 valence electrons. The summed E-state index contributed by atoms with van der Waals surface area (Å²) in [5, 5.41) is 1.94. The second-order valence-corrected chi connectivity index (χ2v) is 4.16. The van der Waals surface area contributed by atoms with E-state index in [0.717, 1.165) is 10.2 Å². The predicted molar refractivity (Wildman–Crippen MR) is 61.7 cm³/mol. The Morgan fingerprint density at radius 1 is 1.50 bits per heavy atom. The van der Waals surface area contributed by atoms with Crippen molar-refractivity contribution in [1.29, 1.82) is 0 Å². The Hall–Kier alpha value is -1.46. The SMILES string of the molecule is COCc1nc2ccsc2cc1C(=O)OC. The fraction of sp³-hybridized carbons (Fsp3) is 0.273. The number of nitrogens with zero attached hydrogens (tertiary/aromatic N) is 1. The Morgan fingerprint density at radius 2 is 2.31 bits per heavy atom. The van der Waals surface area contributed by atoms with E-state index < -0.39 is 0 Å². The lowest BCUT2D eigenvalue weighted by Crippen LogP contribution is -2.08. The summed E-state index contributed by atoms with van der Waals surface area (Å²) in [5.41, 5.74) is 1.96. The predicted octanol–water partition coefficient (Wildman–Crippen LogP) is 2.23. The number of thiophene rings is 1. The summed E-state index contributed by atoms with van der Waals surface area (Å²) in [6.07, 6.45) is 0. The molecule has 0 spiro atoms. The summed E-state index contributed by atoms with van der Waals surface area (Å²) in [6, 6.07) is 3.72. The van der Waals surface area contributed by atoms with Crippen molar-refractivity contribution in [3.05, 3.63) is 28.8 Å². The maximum Gasteiger partial charge on any atom is 0.339 e. The molecule has 2 heterocycles. The van der Waals surface area contributed by atoms with Crippen LogP contribution in [-0.2, 0) is 16.1 Å². The van der Waals surface area contributed by atoms with Crippen LogP contribution in [-0.4, -0.2) is 25.2 Å². The van der Waals surface area contributed by atoms with E-state index >= 15 is 0 Å². The van der Waals surface area contributed by atoms with Crippen molar-refractivity contribution >= 4 is 27.5 Å². The average molecular weight is 237 g/mol. The molecular weight excluding hydrogens is 226 g/mol. The average Bonchev–Trinajstić information content (AvgIpc) is 2.74. The first-order valence-electron chi connectivity index (χ1n) is 4.70. The highest BCUT2D eigenvalue weighted by atomic mass is 32.1. The molecule has 4 nitrogen and oxygen atoms in total. The molecule has 0 fully saturated rings. The summed E-state index contributed by atoms with van der Waals surface area (Å²) < 4.78 is 10.7. The lowest BCUT2D eigenvalue weighted by Gasteiger charge is -2.06. The molecule has 0 aliphatic carbocycles. The Morgan fingerprint density at radius 3 is 3.00 bits per heavy atom. The summed E-state index contributed by atoms with van der Waals surface area (Å²) in [5.74, 6) is -0.380. The van der Waals surface area contributed by atoms with E-state index in [0.29, 0.717) is 17.9 Å². The molecule has 0 bridgehead atoms. The summed E-state index contributed by atoms with van der Waals surface area (Å²) in [7, 11) is 2.93. The number of fused-ring (bicyclic) bond motifs is 1. The maximum atomic E-state index is 11.6. The van der Waals surface area contributed by atoms with Crippen LogP contribution in [0.1, 0.15) is 16.1 Å². The third kappa shape index (κ3) is 1.91. The van der Waals surface area contributed by atoms with Gasteiger partial charge in [-0.15, -0.1) is 11.3 Å². The number of pyridine rings is 1. The van der Waals surface area contributed by atoms with Gasteiger partial charge in [0.15, 0.2) is 0 Å². The van der Waals surface area contributed by atoms with Crippen molar-refractivity contribution in [1.82, 2.24) is 4.98 Å². The van der Waals surface area contributed by atoms with Crippen LogP contribution in [0.4, 0.5) is 0 Å². The number of esters is 1. The van der Waals surface area contributed by atoms with E-state index in [1.54, 1.807) is 24.5 Å². The van der Waals surface area contributed by atoms with E-state index in [9.17, 15) is 4.79 Å². The van der Waals surface area contributed by atoms with Gasteiger partial charge in [-0.3, -0.25) is 0 Å². The minimum Gasteiger partial charge on any atom is -0.465 e. The van der Waals surface area contributed by atoms with E-state index in [2.05, 4.69) is 4.98 Å². The quantitative estimate of drug-likeness (QED) is 0.768. The Balaban J connectivity index is 2.57. The van der Waals surface area contributed by atoms with Crippen LogP contribution in [0, 0.1) is 0 Å². The first-order valence-corrected chi connectivity index (χ1v) is 5.58. The highest BCUT2D eigenvalue weighted by Gasteiger charge is 2.15. The first kappa shape index (κ1) is 11.0. The van der Waals surface area contributed by atoms with Gasteiger partial charge in [0, 0.05) is 7.11 Å². The van der Waals surface area contributed by atoms with Crippen molar-refractivity contribution in [3.63, 3.8) is 0 Å². The van der Waals surface area contributed by atoms with Crippen LogP contribution >= 0.6 is 11.3 Å². The van der Waals surface area contributed by atoms with Crippen molar-refractivity contribution in [2.24, 2.45) is 0 Å². The summed E-state index contributed by atoms with van der Waals surface area (Å²) in [4.78, 5) is 15.9. The molecule has 0 saturated carbocycles. The number of carbonyl (C=O) groups is 1. The molecule has 0 aromatic carbocycles. The van der Waals surface area contributed by atoms with Gasteiger partial charge in [0.2, 0.25) is 0 Å². The number of ether oxygens (including phenoxy) is 2. The number of methoxy groups -OCH3 is 2. The third-order valence-electron chi connectivity index (χ3n) is 2.20. The van der Waals surface area contributed by atoms with Gasteiger partial charge in [-0.05, 0) is 17.5 Å². The maximum absolute atomic E-state index is 11.6. The molecule has 2 aromatic rings. The van der Waals surface area contributed by atoms with Gasteiger partial charge >= 0.3 is 5.97 Å². The van der Waals surface area contributed by atoms with Crippen LogP contribution in [0.15, 0.2) is 17.5 Å². The number of aromatic nitrogens is 1. The molecule has 0 aliphatic heterocycles. The van der Waals surface area contributed by atoms with Gasteiger partial charge in [0.1, 0.15) is 0 Å². The zero-order valence-corrected chi connectivity index (χ0v) is 9.84. The first-order chi connectivity index (χ1) is 7.76. The van der Waals surface area contributed by atoms with Gasteiger partial charge in [-0.1, -0.05) is 0 Å². The molecule has 2 aromatic heterocycles. The molecule has 0 N–H and O–H groups in total. The topological polar surface area (TPSA) is 48.4 Å². The molecule has 16 heavy (non-hydrogen) atoms.